The fourth-order valence-electron chi connectivity index (χ4n) is 2.82. The Kier molecular flexibility index (Phi) is 5.64. The molecule has 6 amide bonds. The third-order valence-electron chi connectivity index (χ3n) is 4.35. The molecule has 0 aliphatic carbocycles. The van der Waals surface area contributed by atoms with Crippen molar-refractivity contribution in [3.05, 3.63) is 64.4 Å². The normalized spacial score (nSPS) is 18.4. The van der Waals surface area contributed by atoms with E-state index in [0.717, 1.165) is 4.47 Å². The number of nitrogens with one attached hydrogen (secondary N) is 3. The van der Waals surface area contributed by atoms with Crippen LogP contribution in [0.4, 0.5) is 19.7 Å². The highest BCUT2D eigenvalue weighted by Gasteiger charge is 2.49. The fraction of sp³-hybridized carbons (Fsp3) is 0.158. The van der Waals surface area contributed by atoms with Gasteiger partial charge in [-0.25, -0.2) is 14.0 Å². The molecule has 3 N–H and O–H groups in total. The van der Waals surface area contributed by atoms with Crippen molar-refractivity contribution in [2.24, 2.45) is 0 Å². The largest absolute Gasteiger partial charge is 0.325 e. The molecule has 3 rings (SSSR count). The van der Waals surface area contributed by atoms with Gasteiger partial charge in [-0.2, -0.15) is 0 Å². The number of rotatable bonds is 4. The maximum Gasteiger partial charge on any atom is 0.325 e. The van der Waals surface area contributed by atoms with Crippen LogP contribution in [0.25, 0.3) is 0 Å². The molecule has 2 aromatic rings. The van der Waals surface area contributed by atoms with Gasteiger partial charge < -0.3 is 10.6 Å². The van der Waals surface area contributed by atoms with E-state index in [1.165, 1.54) is 31.2 Å². The minimum atomic E-state index is -1.44. The molecule has 0 bridgehead atoms. The van der Waals surface area contributed by atoms with Gasteiger partial charge in [-0.1, -0.05) is 28.1 Å². The van der Waals surface area contributed by atoms with Crippen molar-refractivity contribution in [3.8, 4) is 0 Å². The number of hydrogen-bond acceptors (Lipinski definition) is 4. The van der Waals surface area contributed by atoms with Gasteiger partial charge in [0.2, 0.25) is 5.91 Å². The van der Waals surface area contributed by atoms with Crippen molar-refractivity contribution in [2.45, 2.75) is 12.5 Å². The highest BCUT2D eigenvalue weighted by molar-refractivity contribution is 9.10. The first-order valence-electron chi connectivity index (χ1n) is 8.45. The molecule has 1 saturated heterocycles. The van der Waals surface area contributed by atoms with Crippen molar-refractivity contribution in [1.29, 1.82) is 0 Å². The SMILES string of the molecule is CC1(c2ccc(F)cc2)NC(=O)N(CC(=O)NC(=O)Nc2ccc(Br)cc2)C1=O. The number of anilines is 1. The van der Waals surface area contributed by atoms with Crippen LogP contribution in [0.2, 0.25) is 0 Å². The van der Waals surface area contributed by atoms with Gasteiger partial charge in [0.05, 0.1) is 0 Å². The average Bonchev–Trinajstić information content (AvgIpc) is 2.88. The topological polar surface area (TPSA) is 108 Å². The summed E-state index contributed by atoms with van der Waals surface area (Å²) < 4.78 is 14.0. The molecular weight excluding hydrogens is 447 g/mol. The zero-order valence-corrected chi connectivity index (χ0v) is 16.7. The Morgan fingerprint density at radius 1 is 1.10 bits per heavy atom. The van der Waals surface area contributed by atoms with Crippen LogP contribution in [0.15, 0.2) is 53.0 Å². The Morgan fingerprint density at radius 3 is 2.34 bits per heavy atom. The van der Waals surface area contributed by atoms with Gasteiger partial charge in [0.25, 0.3) is 5.91 Å². The Bertz CT molecular complexity index is 981. The number of urea groups is 2. The monoisotopic (exact) mass is 462 g/mol. The molecule has 8 nitrogen and oxygen atoms in total. The van der Waals surface area contributed by atoms with Gasteiger partial charge >= 0.3 is 12.1 Å². The van der Waals surface area contributed by atoms with E-state index in [1.54, 1.807) is 24.3 Å². The fourth-order valence-corrected chi connectivity index (χ4v) is 3.09. The first kappa shape index (κ1) is 20.5. The number of benzene rings is 2. The lowest BCUT2D eigenvalue weighted by molar-refractivity contribution is -0.134. The summed E-state index contributed by atoms with van der Waals surface area (Å²) in [5, 5.41) is 7.02. The second-order valence-electron chi connectivity index (χ2n) is 6.46. The van der Waals surface area contributed by atoms with Gasteiger partial charge in [-0.15, -0.1) is 0 Å². The lowest BCUT2D eigenvalue weighted by Gasteiger charge is -2.22. The smallest absolute Gasteiger partial charge is 0.319 e. The molecule has 1 atom stereocenters. The number of carbonyl (C=O) groups is 4. The van der Waals surface area contributed by atoms with Crippen molar-refractivity contribution in [3.63, 3.8) is 0 Å². The van der Waals surface area contributed by atoms with Crippen molar-refractivity contribution < 1.29 is 23.6 Å². The second kappa shape index (κ2) is 8.00. The zero-order valence-electron chi connectivity index (χ0n) is 15.2. The number of amides is 6. The third kappa shape index (κ3) is 4.43. The first-order valence-corrected chi connectivity index (χ1v) is 9.25. The summed E-state index contributed by atoms with van der Waals surface area (Å²) in [5.41, 5.74) is -0.615. The number of carbonyl (C=O) groups excluding carboxylic acids is 4. The van der Waals surface area contributed by atoms with Crippen molar-refractivity contribution in [2.75, 3.05) is 11.9 Å². The molecule has 1 aliphatic rings. The van der Waals surface area contributed by atoms with E-state index in [-0.39, 0.29) is 0 Å². The van der Waals surface area contributed by atoms with Gasteiger partial charge in [0.1, 0.15) is 17.9 Å². The maximum atomic E-state index is 13.1. The van der Waals surface area contributed by atoms with Gasteiger partial charge in [0.15, 0.2) is 0 Å². The van der Waals surface area contributed by atoms with Crippen LogP contribution < -0.4 is 16.0 Å². The highest BCUT2D eigenvalue weighted by atomic mass is 79.9. The minimum absolute atomic E-state index is 0.369. The third-order valence-corrected chi connectivity index (χ3v) is 4.88. The number of halogens is 2. The van der Waals surface area contributed by atoms with E-state index in [9.17, 15) is 23.6 Å². The first-order chi connectivity index (χ1) is 13.7. The number of hydrogen-bond donors (Lipinski definition) is 3. The molecule has 29 heavy (non-hydrogen) atoms. The Balaban J connectivity index is 1.63. The molecule has 1 fully saturated rings. The molecule has 0 spiro atoms. The van der Waals surface area contributed by atoms with Crippen LogP contribution in [0.5, 0.6) is 0 Å². The second-order valence-corrected chi connectivity index (χ2v) is 7.38. The molecule has 0 saturated carbocycles. The van der Waals surface area contributed by atoms with Gasteiger partial charge in [-0.05, 0) is 48.9 Å². The lowest BCUT2D eigenvalue weighted by Crippen LogP contribution is -2.45. The Morgan fingerprint density at radius 2 is 1.72 bits per heavy atom. The Labute approximate surface area is 173 Å². The van der Waals surface area contributed by atoms with Crippen molar-refractivity contribution in [1.82, 2.24) is 15.5 Å². The molecule has 0 aromatic heterocycles. The van der Waals surface area contributed by atoms with E-state index < -0.39 is 41.8 Å². The van der Waals surface area contributed by atoms with Crippen LogP contribution >= 0.6 is 15.9 Å². The molecule has 1 heterocycles. The predicted molar refractivity (Wildman–Crippen MR) is 105 cm³/mol. The summed E-state index contributed by atoms with van der Waals surface area (Å²) in [4.78, 5) is 49.7. The van der Waals surface area contributed by atoms with Crippen LogP contribution in [0, 0.1) is 5.82 Å². The van der Waals surface area contributed by atoms with E-state index in [1.807, 2.05) is 0 Å². The molecule has 1 unspecified atom stereocenters. The molecular formula is C19H16BrFN4O4. The van der Waals surface area contributed by atoms with Crippen LogP contribution in [-0.2, 0) is 15.1 Å². The molecule has 1 aliphatic heterocycles. The minimum Gasteiger partial charge on any atom is -0.319 e. The van der Waals surface area contributed by atoms with Crippen LogP contribution in [0.1, 0.15) is 12.5 Å². The predicted octanol–water partition coefficient (Wildman–Crippen LogP) is 2.70. The molecule has 10 heteroatoms. The number of imide groups is 2. The molecule has 0 radical (unpaired) electrons. The Hall–Kier alpha value is -3.27. The van der Waals surface area contributed by atoms with Gasteiger partial charge in [-0.3, -0.25) is 19.8 Å². The summed E-state index contributed by atoms with van der Waals surface area (Å²) in [6.45, 7) is 0.813. The quantitative estimate of drug-likeness (QED) is 0.607. The zero-order chi connectivity index (χ0) is 21.2. The standard InChI is InChI=1S/C19H16BrFN4O4/c1-19(11-2-6-13(21)7-3-11)16(27)25(18(29)24-19)10-15(26)23-17(28)22-14-8-4-12(20)5-9-14/h2-9H,10H2,1H3,(H,24,29)(H2,22,23,26,28). The summed E-state index contributed by atoms with van der Waals surface area (Å²) in [6, 6.07) is 10.2. The summed E-state index contributed by atoms with van der Waals surface area (Å²) in [5.74, 6) is -2.01. The van der Waals surface area contributed by atoms with E-state index in [2.05, 4.69) is 31.9 Å². The summed E-state index contributed by atoms with van der Waals surface area (Å²) >= 11 is 3.27. The maximum absolute atomic E-state index is 13.1. The summed E-state index contributed by atoms with van der Waals surface area (Å²) in [7, 11) is 0. The summed E-state index contributed by atoms with van der Waals surface area (Å²) in [6.07, 6.45) is 0. The molecule has 2 aromatic carbocycles. The van der Waals surface area contributed by atoms with E-state index >= 15 is 0 Å². The molecule has 150 valence electrons. The highest BCUT2D eigenvalue weighted by Crippen LogP contribution is 2.28. The average molecular weight is 463 g/mol. The lowest BCUT2D eigenvalue weighted by atomic mass is 9.92. The number of nitrogens with zero attached hydrogens (tertiary/aromatic N) is 1. The van der Waals surface area contributed by atoms with E-state index in [0.29, 0.717) is 16.2 Å². The van der Waals surface area contributed by atoms with Crippen LogP contribution in [-0.4, -0.2) is 35.3 Å². The van der Waals surface area contributed by atoms with Crippen molar-refractivity contribution >= 4 is 45.5 Å². The van der Waals surface area contributed by atoms with Crippen LogP contribution in [0.3, 0.4) is 0 Å². The van der Waals surface area contributed by atoms with Gasteiger partial charge in [0, 0.05) is 10.2 Å². The van der Waals surface area contributed by atoms with E-state index in [4.69, 9.17) is 0 Å².